The third-order valence-electron chi connectivity index (χ3n) is 7.12. The lowest BCUT2D eigenvalue weighted by molar-refractivity contribution is 0.0174. The maximum absolute atomic E-state index is 14.7. The molecule has 3 aromatic rings. The largest absolute Gasteiger partial charge is 0.378 e. The lowest BCUT2D eigenvalue weighted by Crippen LogP contribution is -2.47. The van der Waals surface area contributed by atoms with Crippen LogP contribution in [0.1, 0.15) is 41.9 Å². The number of likely N-dealkylation sites (N-methyl/N-ethyl adjacent to an activating group) is 1. The summed E-state index contributed by atoms with van der Waals surface area (Å²) < 4.78 is 45.6. The Labute approximate surface area is 226 Å². The molecule has 0 saturated carbocycles. The molecule has 2 aromatic heterocycles. The number of nitrogens with zero attached hydrogens (tertiary/aromatic N) is 5. The molecule has 5 rings (SSSR count). The van der Waals surface area contributed by atoms with Gasteiger partial charge in [0.2, 0.25) is 5.95 Å². The Kier molecular flexibility index (Phi) is 7.65. The van der Waals surface area contributed by atoms with Gasteiger partial charge < -0.3 is 24.8 Å². The number of rotatable bonds is 6. The molecule has 0 spiro atoms. The van der Waals surface area contributed by atoms with Crippen molar-refractivity contribution in [2.45, 2.75) is 36.7 Å². The van der Waals surface area contributed by atoms with Crippen molar-refractivity contribution in [3.8, 4) is 11.4 Å². The summed E-state index contributed by atoms with van der Waals surface area (Å²) in [5.41, 5.74) is 0.916. The number of hydrogen-bond donors (Lipinski definition) is 2. The van der Waals surface area contributed by atoms with Crippen LogP contribution in [0.25, 0.3) is 11.4 Å². The van der Waals surface area contributed by atoms with E-state index in [0.717, 1.165) is 44.2 Å². The lowest BCUT2D eigenvalue weighted by atomic mass is 9.96. The number of imidazole rings is 1. The molecule has 1 aromatic carbocycles. The van der Waals surface area contributed by atoms with E-state index in [2.05, 4.69) is 30.2 Å². The number of halogens is 1. The molecule has 2 unspecified atom stereocenters. The maximum atomic E-state index is 14.7. The lowest BCUT2D eigenvalue weighted by Gasteiger charge is -2.32. The van der Waals surface area contributed by atoms with E-state index in [0.29, 0.717) is 31.1 Å². The smallest absolute Gasteiger partial charge is 0.255 e. The fourth-order valence-electron chi connectivity index (χ4n) is 4.92. The molecule has 2 aliphatic rings. The molecular formula is C26H32FN7O4S. The summed E-state index contributed by atoms with van der Waals surface area (Å²) in [6.07, 6.45) is 5.43. The Balaban J connectivity index is 1.39. The van der Waals surface area contributed by atoms with Crippen LogP contribution in [0.2, 0.25) is 0 Å². The summed E-state index contributed by atoms with van der Waals surface area (Å²) in [4.78, 5) is 32.8. The Bertz CT molecular complexity index is 1470. The Hall–Kier alpha value is -3.42. The number of nitrogens with one attached hydrogen (secondary N) is 2. The molecule has 0 bridgehead atoms. The maximum Gasteiger partial charge on any atom is 0.255 e. The average molecular weight is 558 g/mol. The second-order valence-corrected chi connectivity index (χ2v) is 12.2. The van der Waals surface area contributed by atoms with Crippen LogP contribution in [-0.4, -0.2) is 96.3 Å². The van der Waals surface area contributed by atoms with Gasteiger partial charge in [0.15, 0.2) is 15.7 Å². The van der Waals surface area contributed by atoms with Crippen molar-refractivity contribution >= 4 is 27.4 Å². The van der Waals surface area contributed by atoms with Gasteiger partial charge in [0, 0.05) is 50.6 Å². The molecule has 1 amide bonds. The van der Waals surface area contributed by atoms with Crippen LogP contribution in [0.4, 0.5) is 16.0 Å². The van der Waals surface area contributed by atoms with Gasteiger partial charge in [-0.2, -0.15) is 0 Å². The van der Waals surface area contributed by atoms with E-state index in [1.54, 1.807) is 17.2 Å². The van der Waals surface area contributed by atoms with Crippen molar-refractivity contribution < 1.29 is 22.3 Å². The number of sulfone groups is 1. The quantitative estimate of drug-likeness (QED) is 0.469. The monoisotopic (exact) mass is 557 g/mol. The van der Waals surface area contributed by atoms with Crippen molar-refractivity contribution in [1.29, 1.82) is 0 Å². The van der Waals surface area contributed by atoms with Crippen molar-refractivity contribution in [3.05, 3.63) is 47.8 Å². The third-order valence-corrected chi connectivity index (χ3v) is 8.26. The predicted octanol–water partition coefficient (Wildman–Crippen LogP) is 2.82. The summed E-state index contributed by atoms with van der Waals surface area (Å²) in [7, 11) is -1.76. The van der Waals surface area contributed by atoms with Crippen LogP contribution in [0.15, 0.2) is 35.5 Å². The number of anilines is 2. The molecule has 2 saturated heterocycles. The highest BCUT2D eigenvalue weighted by Gasteiger charge is 2.27. The van der Waals surface area contributed by atoms with Gasteiger partial charge in [0.1, 0.15) is 11.5 Å². The first kappa shape index (κ1) is 27.2. The molecule has 2 atom stereocenters. The standard InChI is InChI=1S/C26H32FN7O4S/c1-16-12-17(6-11-38-16)24-28-15-21(31-24)23-20(27)14-29-26(32-23)30-18-4-5-19(22(13-18)39(3,36)37)25(35)34-9-7-33(2)8-10-34/h4-5,13-17H,6-12H2,1-3H3,(H,28,31)(H,29,30,32). The molecule has 11 nitrogen and oxygen atoms in total. The molecular weight excluding hydrogens is 525 g/mol. The second-order valence-electron chi connectivity index (χ2n) is 10.2. The topological polar surface area (TPSA) is 133 Å². The minimum Gasteiger partial charge on any atom is -0.378 e. The molecule has 2 N–H and O–H groups in total. The number of H-pyrrole nitrogens is 1. The second kappa shape index (κ2) is 11.0. The van der Waals surface area contributed by atoms with E-state index in [-0.39, 0.29) is 40.0 Å². The molecule has 4 heterocycles. The van der Waals surface area contributed by atoms with Crippen LogP contribution in [0, 0.1) is 5.82 Å². The van der Waals surface area contributed by atoms with Crippen molar-refractivity contribution in [2.24, 2.45) is 0 Å². The van der Waals surface area contributed by atoms with Crippen molar-refractivity contribution in [3.63, 3.8) is 0 Å². The zero-order valence-electron chi connectivity index (χ0n) is 22.1. The molecule has 208 valence electrons. The molecule has 2 fully saturated rings. The fraction of sp³-hybridized carbons (Fsp3) is 0.462. The summed E-state index contributed by atoms with van der Waals surface area (Å²) in [5.74, 6) is 0.0581. The van der Waals surface area contributed by atoms with E-state index in [4.69, 9.17) is 4.74 Å². The van der Waals surface area contributed by atoms with E-state index in [1.165, 1.54) is 12.1 Å². The van der Waals surface area contributed by atoms with Gasteiger partial charge in [-0.15, -0.1) is 0 Å². The molecule has 13 heteroatoms. The summed E-state index contributed by atoms with van der Waals surface area (Å²) in [6.45, 7) is 5.14. The van der Waals surface area contributed by atoms with E-state index < -0.39 is 15.7 Å². The van der Waals surface area contributed by atoms with E-state index in [1.807, 2.05) is 14.0 Å². The number of piperazine rings is 1. The first-order chi connectivity index (χ1) is 18.6. The highest BCUT2D eigenvalue weighted by atomic mass is 32.2. The number of amides is 1. The Morgan fingerprint density at radius 3 is 2.67 bits per heavy atom. The van der Waals surface area contributed by atoms with E-state index in [9.17, 15) is 17.6 Å². The number of aromatic amines is 1. The molecule has 39 heavy (non-hydrogen) atoms. The zero-order chi connectivity index (χ0) is 27.7. The van der Waals surface area contributed by atoms with Gasteiger partial charge in [-0.3, -0.25) is 4.79 Å². The minimum absolute atomic E-state index is 0.0385. The fourth-order valence-corrected chi connectivity index (χ4v) is 5.82. The normalized spacial score (nSPS) is 20.7. The summed E-state index contributed by atoms with van der Waals surface area (Å²) in [5, 5.41) is 2.95. The van der Waals surface area contributed by atoms with E-state index >= 15 is 0 Å². The third kappa shape index (κ3) is 6.10. The number of benzene rings is 1. The zero-order valence-corrected chi connectivity index (χ0v) is 23.0. The molecule has 2 aliphatic heterocycles. The van der Waals surface area contributed by atoms with Crippen molar-refractivity contribution in [1.82, 2.24) is 29.7 Å². The number of aromatic nitrogens is 4. The van der Waals surface area contributed by atoms with Crippen molar-refractivity contribution in [2.75, 3.05) is 51.4 Å². The number of carbonyl (C=O) groups excluding carboxylic acids is 1. The highest BCUT2D eigenvalue weighted by molar-refractivity contribution is 7.90. The first-order valence-corrected chi connectivity index (χ1v) is 14.8. The van der Waals surface area contributed by atoms with Gasteiger partial charge in [-0.05, 0) is 45.0 Å². The van der Waals surface area contributed by atoms with Gasteiger partial charge in [-0.25, -0.2) is 27.8 Å². The van der Waals surface area contributed by atoms with Gasteiger partial charge in [0.05, 0.1) is 34.7 Å². The predicted molar refractivity (Wildman–Crippen MR) is 143 cm³/mol. The van der Waals surface area contributed by atoms with Gasteiger partial charge >= 0.3 is 0 Å². The van der Waals surface area contributed by atoms with Crippen LogP contribution in [0.3, 0.4) is 0 Å². The van der Waals surface area contributed by atoms with Gasteiger partial charge in [0.25, 0.3) is 5.91 Å². The number of ether oxygens (including phenoxy) is 1. The van der Waals surface area contributed by atoms with Crippen LogP contribution >= 0.6 is 0 Å². The minimum atomic E-state index is -3.73. The Morgan fingerprint density at radius 2 is 1.95 bits per heavy atom. The van der Waals surface area contributed by atoms with Gasteiger partial charge in [-0.1, -0.05) is 0 Å². The van der Waals surface area contributed by atoms with Crippen LogP contribution in [-0.2, 0) is 14.6 Å². The highest BCUT2D eigenvalue weighted by Crippen LogP contribution is 2.30. The SMILES string of the molecule is CC1CC(c2ncc(-c3nc(Nc4ccc(C(=O)N5CCN(C)CC5)c(S(C)(=O)=O)c4)ncc3F)[nH]2)CCO1. The number of carbonyl (C=O) groups is 1. The summed E-state index contributed by atoms with van der Waals surface area (Å²) >= 11 is 0. The first-order valence-electron chi connectivity index (χ1n) is 12.9. The Morgan fingerprint density at radius 1 is 1.18 bits per heavy atom. The average Bonchev–Trinajstić information content (AvgIpc) is 3.40. The summed E-state index contributed by atoms with van der Waals surface area (Å²) in [6, 6.07) is 4.45. The van der Waals surface area contributed by atoms with Crippen LogP contribution < -0.4 is 5.32 Å². The molecule has 0 radical (unpaired) electrons. The van der Waals surface area contributed by atoms with Crippen LogP contribution in [0.5, 0.6) is 0 Å². The molecule has 0 aliphatic carbocycles. The number of hydrogen-bond acceptors (Lipinski definition) is 9.